The van der Waals surface area contributed by atoms with Crippen molar-refractivity contribution in [1.29, 1.82) is 0 Å². The van der Waals surface area contributed by atoms with Crippen LogP contribution in [0.1, 0.15) is 6.92 Å². The first kappa shape index (κ1) is 13.1. The van der Waals surface area contributed by atoms with Gasteiger partial charge in [0.05, 0.1) is 12.3 Å². The Hall–Kier alpha value is -1.95. The predicted molar refractivity (Wildman–Crippen MR) is 59.6 cm³/mol. The molecule has 0 bridgehead atoms. The number of carbonyl (C=O) groups is 2. The molecule has 0 aliphatic heterocycles. The van der Waals surface area contributed by atoms with Crippen LogP contribution in [0.15, 0.2) is 24.3 Å². The molecule has 92 valence electrons. The molecular formula is C11H13FN2O3. The van der Waals surface area contributed by atoms with Crippen molar-refractivity contribution in [3.8, 4) is 0 Å². The molecule has 0 aliphatic carbocycles. The number of nitrogens with one attached hydrogen (secondary N) is 1. The minimum Gasteiger partial charge on any atom is -0.464 e. The number of anilines is 1. The summed E-state index contributed by atoms with van der Waals surface area (Å²) in [6.45, 7) is 1.72. The molecule has 0 heterocycles. The molecule has 0 spiro atoms. The number of hydrogen-bond donors (Lipinski definition) is 2. The van der Waals surface area contributed by atoms with E-state index in [1.165, 1.54) is 18.2 Å². The van der Waals surface area contributed by atoms with Crippen LogP contribution in [0.2, 0.25) is 0 Å². The van der Waals surface area contributed by atoms with Crippen LogP contribution in [-0.4, -0.2) is 24.5 Å². The summed E-state index contributed by atoms with van der Waals surface area (Å²) < 4.78 is 17.8. The molecule has 0 saturated carbocycles. The molecule has 1 amide bonds. The number of carbonyl (C=O) groups excluding carboxylic acids is 2. The topological polar surface area (TPSA) is 81.4 Å². The molecule has 1 rings (SSSR count). The van der Waals surface area contributed by atoms with E-state index in [1.54, 1.807) is 13.0 Å². The number of halogens is 1. The number of benzene rings is 1. The van der Waals surface area contributed by atoms with Crippen LogP contribution in [0.5, 0.6) is 0 Å². The summed E-state index contributed by atoms with van der Waals surface area (Å²) in [4.78, 5) is 22.6. The number of esters is 1. The number of hydrogen-bond acceptors (Lipinski definition) is 4. The van der Waals surface area contributed by atoms with E-state index in [4.69, 9.17) is 5.73 Å². The molecule has 6 heteroatoms. The maximum absolute atomic E-state index is 13.2. The molecule has 5 nitrogen and oxygen atoms in total. The van der Waals surface area contributed by atoms with E-state index < -0.39 is 23.7 Å². The highest BCUT2D eigenvalue weighted by Gasteiger charge is 2.23. The SMILES string of the molecule is CCOC(=O)C(N)C(=O)Nc1ccccc1F. The second-order valence-electron chi connectivity index (χ2n) is 3.20. The van der Waals surface area contributed by atoms with Crippen molar-refractivity contribution in [3.63, 3.8) is 0 Å². The summed E-state index contributed by atoms with van der Waals surface area (Å²) in [5, 5.41) is 2.21. The molecule has 0 aromatic heterocycles. The standard InChI is InChI=1S/C11H13FN2O3/c1-2-17-11(16)9(13)10(15)14-8-6-4-3-5-7(8)12/h3-6,9H,2,13H2,1H3,(H,14,15). The van der Waals surface area contributed by atoms with Crippen molar-refractivity contribution in [2.45, 2.75) is 13.0 Å². The largest absolute Gasteiger partial charge is 0.464 e. The van der Waals surface area contributed by atoms with Crippen LogP contribution in [0, 0.1) is 5.82 Å². The Kier molecular flexibility index (Phi) is 4.59. The highest BCUT2D eigenvalue weighted by atomic mass is 19.1. The molecule has 0 saturated heterocycles. The van der Waals surface area contributed by atoms with Gasteiger partial charge in [-0.3, -0.25) is 4.79 Å². The minimum absolute atomic E-state index is 0.0303. The van der Waals surface area contributed by atoms with Crippen molar-refractivity contribution in [2.24, 2.45) is 5.73 Å². The van der Waals surface area contributed by atoms with Gasteiger partial charge in [-0.2, -0.15) is 0 Å². The molecule has 17 heavy (non-hydrogen) atoms. The Morgan fingerprint density at radius 3 is 2.71 bits per heavy atom. The fourth-order valence-electron chi connectivity index (χ4n) is 1.11. The van der Waals surface area contributed by atoms with Crippen LogP contribution in [0.25, 0.3) is 0 Å². The van der Waals surface area contributed by atoms with E-state index in [0.29, 0.717) is 0 Å². The van der Waals surface area contributed by atoms with E-state index in [1.807, 2.05) is 0 Å². The van der Waals surface area contributed by atoms with Gasteiger partial charge in [0, 0.05) is 0 Å². The van der Waals surface area contributed by atoms with E-state index in [9.17, 15) is 14.0 Å². The lowest BCUT2D eigenvalue weighted by molar-refractivity contribution is -0.146. The van der Waals surface area contributed by atoms with Gasteiger partial charge in [0.15, 0.2) is 6.04 Å². The lowest BCUT2D eigenvalue weighted by Crippen LogP contribution is -2.43. The van der Waals surface area contributed by atoms with E-state index in [-0.39, 0.29) is 12.3 Å². The van der Waals surface area contributed by atoms with Crippen molar-refractivity contribution in [3.05, 3.63) is 30.1 Å². The van der Waals surface area contributed by atoms with Gasteiger partial charge in [-0.25, -0.2) is 9.18 Å². The van der Waals surface area contributed by atoms with Crippen LogP contribution < -0.4 is 11.1 Å². The van der Waals surface area contributed by atoms with Gasteiger partial charge >= 0.3 is 5.97 Å². The molecule has 1 aromatic carbocycles. The van der Waals surface area contributed by atoms with Gasteiger partial charge in [0.1, 0.15) is 5.82 Å². The van der Waals surface area contributed by atoms with Gasteiger partial charge in [0.25, 0.3) is 5.91 Å². The van der Waals surface area contributed by atoms with E-state index in [0.717, 1.165) is 0 Å². The summed E-state index contributed by atoms with van der Waals surface area (Å²) in [6.07, 6.45) is 0. The molecule has 0 aliphatic rings. The van der Waals surface area contributed by atoms with Gasteiger partial charge in [-0.15, -0.1) is 0 Å². The summed E-state index contributed by atoms with van der Waals surface area (Å²) in [6, 6.07) is 4.12. The zero-order chi connectivity index (χ0) is 12.8. The molecular weight excluding hydrogens is 227 g/mol. The Morgan fingerprint density at radius 1 is 1.47 bits per heavy atom. The van der Waals surface area contributed by atoms with Crippen molar-refractivity contribution >= 4 is 17.6 Å². The first-order valence-corrected chi connectivity index (χ1v) is 5.04. The van der Waals surface area contributed by atoms with Gasteiger partial charge < -0.3 is 15.8 Å². The van der Waals surface area contributed by atoms with Crippen molar-refractivity contribution in [2.75, 3.05) is 11.9 Å². The van der Waals surface area contributed by atoms with Crippen LogP contribution in [-0.2, 0) is 14.3 Å². The zero-order valence-corrected chi connectivity index (χ0v) is 9.27. The van der Waals surface area contributed by atoms with Crippen LogP contribution >= 0.6 is 0 Å². The monoisotopic (exact) mass is 240 g/mol. The fourth-order valence-corrected chi connectivity index (χ4v) is 1.11. The lowest BCUT2D eigenvalue weighted by Gasteiger charge is -2.11. The Bertz CT molecular complexity index is 423. The third-order valence-corrected chi connectivity index (χ3v) is 1.95. The Labute approximate surface area is 97.7 Å². The summed E-state index contributed by atoms with van der Waals surface area (Å²) in [5.41, 5.74) is 5.31. The van der Waals surface area contributed by atoms with Crippen LogP contribution in [0.3, 0.4) is 0 Å². The first-order chi connectivity index (χ1) is 8.06. The number of rotatable bonds is 4. The van der Waals surface area contributed by atoms with Crippen molar-refractivity contribution in [1.82, 2.24) is 0 Å². The summed E-state index contributed by atoms with van der Waals surface area (Å²) in [7, 11) is 0. The normalized spacial score (nSPS) is 11.7. The molecule has 1 aromatic rings. The third-order valence-electron chi connectivity index (χ3n) is 1.95. The highest BCUT2D eigenvalue weighted by Crippen LogP contribution is 2.12. The van der Waals surface area contributed by atoms with Crippen molar-refractivity contribution < 1.29 is 18.7 Å². The smallest absolute Gasteiger partial charge is 0.332 e. The average Bonchev–Trinajstić information content (AvgIpc) is 2.31. The second-order valence-corrected chi connectivity index (χ2v) is 3.20. The van der Waals surface area contributed by atoms with E-state index >= 15 is 0 Å². The third kappa shape index (κ3) is 3.53. The maximum Gasteiger partial charge on any atom is 0.332 e. The first-order valence-electron chi connectivity index (χ1n) is 5.04. The van der Waals surface area contributed by atoms with Gasteiger partial charge in [-0.1, -0.05) is 12.1 Å². The fraction of sp³-hybridized carbons (Fsp3) is 0.273. The number of para-hydroxylation sites is 1. The predicted octanol–water partition coefficient (Wildman–Crippen LogP) is 0.655. The maximum atomic E-state index is 13.2. The Balaban J connectivity index is 2.67. The minimum atomic E-state index is -1.46. The number of amides is 1. The lowest BCUT2D eigenvalue weighted by atomic mass is 10.2. The summed E-state index contributed by atoms with van der Waals surface area (Å²) in [5.74, 6) is -2.26. The number of nitrogens with two attached hydrogens (primary N) is 1. The van der Waals surface area contributed by atoms with Gasteiger partial charge in [0.2, 0.25) is 0 Å². The molecule has 0 fully saturated rings. The quantitative estimate of drug-likeness (QED) is 0.598. The van der Waals surface area contributed by atoms with E-state index in [2.05, 4.69) is 10.1 Å². The molecule has 3 N–H and O–H groups in total. The van der Waals surface area contributed by atoms with Crippen LogP contribution in [0.4, 0.5) is 10.1 Å². The molecule has 1 atom stereocenters. The Morgan fingerprint density at radius 2 is 2.12 bits per heavy atom. The summed E-state index contributed by atoms with van der Waals surface area (Å²) >= 11 is 0. The highest BCUT2D eigenvalue weighted by molar-refractivity contribution is 6.08. The second kappa shape index (κ2) is 5.95. The average molecular weight is 240 g/mol. The zero-order valence-electron chi connectivity index (χ0n) is 9.27. The van der Waals surface area contributed by atoms with Gasteiger partial charge in [-0.05, 0) is 19.1 Å². The number of ether oxygens (including phenoxy) is 1. The molecule has 0 radical (unpaired) electrons. The molecule has 1 unspecified atom stereocenters.